The first-order valence-electron chi connectivity index (χ1n) is 7.13. The first-order valence-corrected chi connectivity index (χ1v) is 8.01. The van der Waals surface area contributed by atoms with Gasteiger partial charge >= 0.3 is 0 Å². The Morgan fingerprint density at radius 1 is 1.25 bits per heavy atom. The number of carbonyl (C=O) groups excluding carboxylic acids is 1. The van der Waals surface area contributed by atoms with E-state index in [0.29, 0.717) is 27.2 Å². The molecule has 24 heavy (non-hydrogen) atoms. The lowest BCUT2D eigenvalue weighted by Crippen LogP contribution is -2.23. The lowest BCUT2D eigenvalue weighted by Gasteiger charge is -2.15. The van der Waals surface area contributed by atoms with Crippen molar-refractivity contribution in [3.8, 4) is 5.75 Å². The molecule has 6 heteroatoms. The molecule has 0 radical (unpaired) electrons. The fourth-order valence-electron chi connectivity index (χ4n) is 2.48. The van der Waals surface area contributed by atoms with Gasteiger partial charge in [-0.3, -0.25) is 4.79 Å². The molecule has 0 aliphatic carbocycles. The van der Waals surface area contributed by atoms with E-state index in [0.717, 1.165) is 6.07 Å². The molecule has 2 heterocycles. The molecule has 0 fully saturated rings. The number of aliphatic hydroxyl groups is 1. The lowest BCUT2D eigenvalue weighted by molar-refractivity contribution is 0.0961. The molecule has 0 spiro atoms. The predicted molar refractivity (Wildman–Crippen MR) is 92.4 cm³/mol. The second-order valence-electron chi connectivity index (χ2n) is 5.18. The average Bonchev–Trinajstić information content (AvgIpc) is 3.04. The van der Waals surface area contributed by atoms with E-state index in [1.54, 1.807) is 17.5 Å². The van der Waals surface area contributed by atoms with Gasteiger partial charge in [-0.1, -0.05) is 18.7 Å². The van der Waals surface area contributed by atoms with E-state index in [4.69, 9.17) is 0 Å². The number of fused-ring (bicyclic) bond motifs is 1. The lowest BCUT2D eigenvalue weighted by atomic mass is 9.92. The van der Waals surface area contributed by atoms with Crippen LogP contribution in [0.3, 0.4) is 0 Å². The van der Waals surface area contributed by atoms with Crippen molar-refractivity contribution in [2.75, 3.05) is 6.54 Å². The summed E-state index contributed by atoms with van der Waals surface area (Å²) in [5.74, 6) is -1.61. The summed E-state index contributed by atoms with van der Waals surface area (Å²) < 4.78 is 13.7. The summed E-state index contributed by atoms with van der Waals surface area (Å²) >= 11 is 1.26. The van der Waals surface area contributed by atoms with Crippen LogP contribution in [0, 0.1) is 5.82 Å². The van der Waals surface area contributed by atoms with E-state index in [1.807, 2.05) is 0 Å². The van der Waals surface area contributed by atoms with Crippen molar-refractivity contribution < 1.29 is 19.4 Å². The van der Waals surface area contributed by atoms with Crippen LogP contribution in [0.5, 0.6) is 5.75 Å². The number of amides is 1. The molecule has 0 atom stereocenters. The number of benzene rings is 1. The van der Waals surface area contributed by atoms with Gasteiger partial charge in [-0.25, -0.2) is 4.39 Å². The van der Waals surface area contributed by atoms with Crippen molar-refractivity contribution in [3.05, 3.63) is 76.0 Å². The summed E-state index contributed by atoms with van der Waals surface area (Å²) in [5.41, 5.74) is 1.63. The Hall–Kier alpha value is -2.86. The van der Waals surface area contributed by atoms with Gasteiger partial charge in [-0.2, -0.15) is 0 Å². The van der Waals surface area contributed by atoms with Crippen LogP contribution in [0.15, 0.2) is 54.1 Å². The third-order valence-corrected chi connectivity index (χ3v) is 4.56. The van der Waals surface area contributed by atoms with Crippen molar-refractivity contribution >= 4 is 28.4 Å². The summed E-state index contributed by atoms with van der Waals surface area (Å²) in [4.78, 5) is 12.7. The van der Waals surface area contributed by atoms with Crippen LogP contribution >= 0.6 is 11.3 Å². The van der Waals surface area contributed by atoms with Crippen LogP contribution in [-0.2, 0) is 0 Å². The minimum absolute atomic E-state index is 0.0987. The average molecular weight is 343 g/mol. The zero-order valence-corrected chi connectivity index (χ0v) is 13.4. The number of rotatable bonds is 1. The fraction of sp³-hybridized carbons (Fsp3) is 0.0556. The van der Waals surface area contributed by atoms with E-state index >= 15 is 0 Å². The summed E-state index contributed by atoms with van der Waals surface area (Å²) in [6.07, 6.45) is 3.03. The maximum Gasteiger partial charge on any atom is 0.262 e. The van der Waals surface area contributed by atoms with Gasteiger partial charge in [-0.05, 0) is 40.8 Å². The summed E-state index contributed by atoms with van der Waals surface area (Å²) in [6.45, 7) is 4.24. The van der Waals surface area contributed by atoms with Crippen LogP contribution < -0.4 is 5.32 Å². The quantitative estimate of drug-likeness (QED) is 0.736. The number of aliphatic hydroxyl groups excluding tert-OH is 1. The first-order chi connectivity index (χ1) is 11.5. The van der Waals surface area contributed by atoms with Gasteiger partial charge in [0.2, 0.25) is 0 Å². The highest BCUT2D eigenvalue weighted by Gasteiger charge is 2.21. The Morgan fingerprint density at radius 2 is 2.04 bits per heavy atom. The molecule has 1 aliphatic rings. The van der Waals surface area contributed by atoms with Crippen molar-refractivity contribution in [1.82, 2.24) is 5.32 Å². The molecule has 3 rings (SSSR count). The second kappa shape index (κ2) is 6.33. The van der Waals surface area contributed by atoms with E-state index in [2.05, 4.69) is 11.9 Å². The molecule has 122 valence electrons. The van der Waals surface area contributed by atoms with E-state index in [1.165, 1.54) is 29.5 Å². The van der Waals surface area contributed by atoms with Crippen molar-refractivity contribution in [1.29, 1.82) is 0 Å². The molecule has 4 nitrogen and oxygen atoms in total. The Bertz CT molecular complexity index is 895. The Balaban J connectivity index is 2.22. The number of hydrogen-bond donors (Lipinski definition) is 3. The molecular weight excluding hydrogens is 329 g/mol. The molecular formula is C18H14FNO3S. The maximum atomic E-state index is 13.7. The first kappa shape index (κ1) is 16.0. The predicted octanol–water partition coefficient (Wildman–Crippen LogP) is 3.87. The number of aromatic hydroxyl groups is 1. The number of carbonyl (C=O) groups is 1. The Kier molecular flexibility index (Phi) is 4.22. The largest absolute Gasteiger partial charge is 0.507 e. The Labute approximate surface area is 141 Å². The van der Waals surface area contributed by atoms with E-state index < -0.39 is 11.6 Å². The zero-order chi connectivity index (χ0) is 17.3. The van der Waals surface area contributed by atoms with Gasteiger partial charge in [0.05, 0.1) is 4.88 Å². The van der Waals surface area contributed by atoms with Gasteiger partial charge in [0.1, 0.15) is 5.76 Å². The highest BCUT2D eigenvalue weighted by atomic mass is 32.1. The van der Waals surface area contributed by atoms with Crippen molar-refractivity contribution in [3.63, 3.8) is 0 Å². The van der Waals surface area contributed by atoms with Crippen LogP contribution in [-0.4, -0.2) is 22.7 Å². The molecule has 0 bridgehead atoms. The highest BCUT2D eigenvalue weighted by molar-refractivity contribution is 7.12. The topological polar surface area (TPSA) is 69.6 Å². The Morgan fingerprint density at radius 3 is 2.79 bits per heavy atom. The molecule has 0 unspecified atom stereocenters. The smallest absolute Gasteiger partial charge is 0.262 e. The second-order valence-corrected chi connectivity index (χ2v) is 6.10. The molecule has 1 aliphatic heterocycles. The van der Waals surface area contributed by atoms with Crippen LogP contribution in [0.4, 0.5) is 4.39 Å². The molecule has 1 aromatic carbocycles. The zero-order valence-electron chi connectivity index (χ0n) is 12.5. The number of phenols is 1. The molecule has 3 N–H and O–H groups in total. The fourth-order valence-corrected chi connectivity index (χ4v) is 3.32. The van der Waals surface area contributed by atoms with Gasteiger partial charge < -0.3 is 15.5 Å². The monoisotopic (exact) mass is 343 g/mol. The normalized spacial score (nSPS) is 19.5. The third-order valence-electron chi connectivity index (χ3n) is 3.65. The van der Waals surface area contributed by atoms with Crippen LogP contribution in [0.2, 0.25) is 0 Å². The SMILES string of the molecule is C=C1/C(c2ccc(O)c(F)c2)=C(O)\C=C/CNC(=O)c2sccc21. The molecule has 1 aromatic heterocycles. The molecule has 2 aromatic rings. The van der Waals surface area contributed by atoms with Gasteiger partial charge in [0, 0.05) is 17.7 Å². The van der Waals surface area contributed by atoms with E-state index in [9.17, 15) is 19.4 Å². The number of allylic oxidation sites excluding steroid dienone is 3. The number of thiophene rings is 1. The summed E-state index contributed by atoms with van der Waals surface area (Å²) in [5, 5.41) is 24.3. The maximum absolute atomic E-state index is 13.7. The van der Waals surface area contributed by atoms with Crippen LogP contribution in [0.25, 0.3) is 11.1 Å². The van der Waals surface area contributed by atoms with Crippen molar-refractivity contribution in [2.45, 2.75) is 0 Å². The highest BCUT2D eigenvalue weighted by Crippen LogP contribution is 2.37. The van der Waals surface area contributed by atoms with Gasteiger partial charge in [-0.15, -0.1) is 11.3 Å². The molecule has 1 amide bonds. The standard InChI is InChI=1S/C18H14FNO3S/c1-10-12-6-8-24-17(12)18(23)20-7-2-3-15(22)16(10)11-4-5-14(21)13(19)9-11/h2-6,8-9,21-22H,1,7H2,(H,20,23)/b3-2-,16-15-. The minimum Gasteiger partial charge on any atom is -0.507 e. The number of hydrogen-bond acceptors (Lipinski definition) is 4. The number of halogens is 1. The van der Waals surface area contributed by atoms with E-state index in [-0.39, 0.29) is 18.2 Å². The van der Waals surface area contributed by atoms with Crippen molar-refractivity contribution in [2.24, 2.45) is 0 Å². The summed E-state index contributed by atoms with van der Waals surface area (Å²) in [6, 6.07) is 5.55. The third kappa shape index (κ3) is 2.83. The van der Waals surface area contributed by atoms with Gasteiger partial charge in [0.15, 0.2) is 11.6 Å². The number of nitrogens with one attached hydrogen (secondary N) is 1. The molecule has 0 saturated heterocycles. The minimum atomic E-state index is -0.801. The summed E-state index contributed by atoms with van der Waals surface area (Å²) in [7, 11) is 0. The number of phenolic OH excluding ortho intramolecular Hbond substituents is 1. The van der Waals surface area contributed by atoms with Gasteiger partial charge in [0.25, 0.3) is 5.91 Å². The van der Waals surface area contributed by atoms with Crippen LogP contribution in [0.1, 0.15) is 20.8 Å². The molecule has 0 saturated carbocycles.